The molecule has 0 aromatic rings. The van der Waals surface area contributed by atoms with Gasteiger partial charge in [0.25, 0.3) is 0 Å². The van der Waals surface area contributed by atoms with Gasteiger partial charge in [-0.2, -0.15) is 0 Å². The molecule has 2 heterocycles. The number of carbonyl (C=O) groups is 2. The Labute approximate surface area is 114 Å². The molecule has 0 spiro atoms. The first-order valence-electron chi connectivity index (χ1n) is 7.28. The Morgan fingerprint density at radius 2 is 2.16 bits per heavy atom. The molecule has 0 radical (unpaired) electrons. The van der Waals surface area contributed by atoms with Crippen molar-refractivity contribution >= 4 is 11.8 Å². The molecule has 5 nitrogen and oxygen atoms in total. The van der Waals surface area contributed by atoms with Crippen LogP contribution in [0.1, 0.15) is 46.5 Å². The summed E-state index contributed by atoms with van der Waals surface area (Å²) in [5.41, 5.74) is 0. The van der Waals surface area contributed by atoms with Gasteiger partial charge < -0.3 is 10.1 Å². The summed E-state index contributed by atoms with van der Waals surface area (Å²) in [6.07, 6.45) is 3.34. The van der Waals surface area contributed by atoms with E-state index in [0.29, 0.717) is 0 Å². The number of imide groups is 1. The molecule has 2 aliphatic heterocycles. The molecule has 4 atom stereocenters. The van der Waals surface area contributed by atoms with Crippen molar-refractivity contribution in [2.75, 3.05) is 6.61 Å². The third kappa shape index (κ3) is 2.98. The number of rotatable bonds is 5. The Kier molecular flexibility index (Phi) is 4.58. The molecule has 108 valence electrons. The van der Waals surface area contributed by atoms with E-state index in [1.807, 2.05) is 20.8 Å². The number of amides is 2. The van der Waals surface area contributed by atoms with Gasteiger partial charge in [-0.25, -0.2) is 0 Å². The van der Waals surface area contributed by atoms with Crippen LogP contribution in [-0.4, -0.2) is 47.6 Å². The molecule has 2 fully saturated rings. The van der Waals surface area contributed by atoms with Crippen molar-refractivity contribution in [3.05, 3.63) is 0 Å². The smallest absolute Gasteiger partial charge is 0.247 e. The summed E-state index contributed by atoms with van der Waals surface area (Å²) in [6.45, 7) is 6.73. The molecule has 4 unspecified atom stereocenters. The van der Waals surface area contributed by atoms with Crippen molar-refractivity contribution in [3.8, 4) is 0 Å². The average molecular weight is 268 g/mol. The van der Waals surface area contributed by atoms with Gasteiger partial charge in [0.1, 0.15) is 0 Å². The summed E-state index contributed by atoms with van der Waals surface area (Å²) in [6, 6.07) is -0.272. The second-order valence-electron chi connectivity index (χ2n) is 5.62. The molecule has 5 heteroatoms. The number of hydrogen-bond donors (Lipinski definition) is 1. The molecule has 0 aromatic heterocycles. The number of nitrogens with one attached hydrogen (secondary N) is 1. The fourth-order valence-corrected chi connectivity index (χ4v) is 2.85. The van der Waals surface area contributed by atoms with E-state index < -0.39 is 0 Å². The maximum atomic E-state index is 12.3. The molecule has 0 aromatic carbocycles. The molecular weight excluding hydrogens is 244 g/mol. The largest absolute Gasteiger partial charge is 0.377 e. The zero-order valence-corrected chi connectivity index (χ0v) is 12.0. The Balaban J connectivity index is 1.94. The van der Waals surface area contributed by atoms with E-state index in [9.17, 15) is 9.59 Å². The molecule has 1 N–H and O–H groups in total. The van der Waals surface area contributed by atoms with Crippen LogP contribution in [0, 0.1) is 0 Å². The van der Waals surface area contributed by atoms with Crippen molar-refractivity contribution in [1.82, 2.24) is 10.2 Å². The quantitative estimate of drug-likeness (QED) is 0.758. The third-order valence-electron chi connectivity index (χ3n) is 4.20. The summed E-state index contributed by atoms with van der Waals surface area (Å²) in [5.74, 6) is -0.138. The van der Waals surface area contributed by atoms with Crippen LogP contribution in [0.5, 0.6) is 0 Å². The van der Waals surface area contributed by atoms with Crippen LogP contribution in [0.2, 0.25) is 0 Å². The lowest BCUT2D eigenvalue weighted by atomic mass is 10.1. The van der Waals surface area contributed by atoms with E-state index in [-0.39, 0.29) is 42.5 Å². The van der Waals surface area contributed by atoms with E-state index in [1.165, 1.54) is 4.90 Å². The SMILES string of the molecule is CCC(C)N1C(=O)CC(NC(C)C2CCCO2)C1=O. The normalized spacial score (nSPS) is 31.0. The van der Waals surface area contributed by atoms with Crippen molar-refractivity contribution in [2.24, 2.45) is 0 Å². The van der Waals surface area contributed by atoms with Crippen LogP contribution in [0.25, 0.3) is 0 Å². The van der Waals surface area contributed by atoms with Gasteiger partial charge >= 0.3 is 0 Å². The van der Waals surface area contributed by atoms with Crippen LogP contribution in [0.3, 0.4) is 0 Å². The van der Waals surface area contributed by atoms with E-state index in [0.717, 1.165) is 25.9 Å². The number of carbonyl (C=O) groups excluding carboxylic acids is 2. The first kappa shape index (κ1) is 14.5. The summed E-state index contributed by atoms with van der Waals surface area (Å²) < 4.78 is 5.61. The Hall–Kier alpha value is -0.940. The molecular formula is C14H24N2O3. The summed E-state index contributed by atoms with van der Waals surface area (Å²) in [7, 11) is 0. The Morgan fingerprint density at radius 1 is 1.42 bits per heavy atom. The monoisotopic (exact) mass is 268 g/mol. The lowest BCUT2D eigenvalue weighted by molar-refractivity contribution is -0.141. The average Bonchev–Trinajstić information content (AvgIpc) is 2.98. The first-order chi connectivity index (χ1) is 9.04. The van der Waals surface area contributed by atoms with Gasteiger partial charge in [0, 0.05) is 18.7 Å². The fourth-order valence-electron chi connectivity index (χ4n) is 2.85. The highest BCUT2D eigenvalue weighted by atomic mass is 16.5. The van der Waals surface area contributed by atoms with E-state index in [4.69, 9.17) is 4.74 Å². The highest BCUT2D eigenvalue weighted by Gasteiger charge is 2.41. The van der Waals surface area contributed by atoms with Gasteiger partial charge in [-0.1, -0.05) is 6.92 Å². The van der Waals surface area contributed by atoms with E-state index in [2.05, 4.69) is 5.32 Å². The highest BCUT2D eigenvalue weighted by Crippen LogP contribution is 2.21. The van der Waals surface area contributed by atoms with Crippen molar-refractivity contribution < 1.29 is 14.3 Å². The van der Waals surface area contributed by atoms with Gasteiger partial charge in [-0.3, -0.25) is 14.5 Å². The zero-order chi connectivity index (χ0) is 14.0. The van der Waals surface area contributed by atoms with Crippen LogP contribution in [0.4, 0.5) is 0 Å². The lowest BCUT2D eigenvalue weighted by Crippen LogP contribution is -2.48. The molecule has 19 heavy (non-hydrogen) atoms. The third-order valence-corrected chi connectivity index (χ3v) is 4.20. The predicted molar refractivity (Wildman–Crippen MR) is 71.6 cm³/mol. The highest BCUT2D eigenvalue weighted by molar-refractivity contribution is 6.05. The molecule has 2 amide bonds. The summed E-state index contributed by atoms with van der Waals surface area (Å²) in [5, 5.41) is 3.27. The number of hydrogen-bond acceptors (Lipinski definition) is 4. The minimum absolute atomic E-state index is 0.00941. The summed E-state index contributed by atoms with van der Waals surface area (Å²) >= 11 is 0. The second-order valence-corrected chi connectivity index (χ2v) is 5.62. The minimum atomic E-state index is -0.374. The molecule has 0 saturated carbocycles. The van der Waals surface area contributed by atoms with Crippen molar-refractivity contribution in [3.63, 3.8) is 0 Å². The predicted octanol–water partition coefficient (Wildman–Crippen LogP) is 1.07. The lowest BCUT2D eigenvalue weighted by Gasteiger charge is -2.25. The van der Waals surface area contributed by atoms with Crippen molar-refractivity contribution in [2.45, 2.75) is 70.7 Å². The zero-order valence-electron chi connectivity index (χ0n) is 12.0. The summed E-state index contributed by atoms with van der Waals surface area (Å²) in [4.78, 5) is 25.6. The van der Waals surface area contributed by atoms with Gasteiger partial charge in [0.05, 0.1) is 18.6 Å². The van der Waals surface area contributed by atoms with Crippen LogP contribution in [0.15, 0.2) is 0 Å². The number of ether oxygens (including phenoxy) is 1. The van der Waals surface area contributed by atoms with Crippen molar-refractivity contribution in [1.29, 1.82) is 0 Å². The van der Waals surface area contributed by atoms with Gasteiger partial charge in [0.15, 0.2) is 0 Å². The van der Waals surface area contributed by atoms with Crippen LogP contribution < -0.4 is 5.32 Å². The molecule has 2 rings (SSSR count). The second kappa shape index (κ2) is 6.01. The topological polar surface area (TPSA) is 58.6 Å². The molecule has 2 saturated heterocycles. The fraction of sp³-hybridized carbons (Fsp3) is 0.857. The molecule has 0 bridgehead atoms. The van der Waals surface area contributed by atoms with Gasteiger partial charge in [0.2, 0.25) is 11.8 Å². The number of nitrogens with zero attached hydrogens (tertiary/aromatic N) is 1. The van der Waals surface area contributed by atoms with Gasteiger partial charge in [-0.15, -0.1) is 0 Å². The first-order valence-corrected chi connectivity index (χ1v) is 7.28. The van der Waals surface area contributed by atoms with E-state index in [1.54, 1.807) is 0 Å². The maximum Gasteiger partial charge on any atom is 0.247 e. The molecule has 0 aliphatic carbocycles. The minimum Gasteiger partial charge on any atom is -0.377 e. The van der Waals surface area contributed by atoms with E-state index >= 15 is 0 Å². The van der Waals surface area contributed by atoms with Gasteiger partial charge in [-0.05, 0) is 33.1 Å². The maximum absolute atomic E-state index is 12.3. The van der Waals surface area contributed by atoms with Crippen LogP contribution in [-0.2, 0) is 14.3 Å². The Bertz CT molecular complexity index is 353. The number of likely N-dealkylation sites (tertiary alicyclic amines) is 1. The van der Waals surface area contributed by atoms with Crippen LogP contribution >= 0.6 is 0 Å². The molecule has 2 aliphatic rings. The standard InChI is InChI=1S/C14H24N2O3/c1-4-9(2)16-13(17)8-11(14(16)18)15-10(3)12-6-5-7-19-12/h9-12,15H,4-8H2,1-3H3. The Morgan fingerprint density at radius 3 is 2.74 bits per heavy atom.